The SMILES string of the molecule is O=C(OCC1CCCO1)N1CCc2c(ncnc2NCC23CC4CC(CC(C4)C2)C3)C1. The smallest absolute Gasteiger partial charge is 0.410 e. The number of ether oxygens (including phenoxy) is 2. The van der Waals surface area contributed by atoms with E-state index in [2.05, 4.69) is 15.3 Å². The zero-order valence-electron chi connectivity index (χ0n) is 18.4. The zero-order chi connectivity index (χ0) is 20.8. The fraction of sp³-hybridized carbons (Fsp3) is 0.792. The summed E-state index contributed by atoms with van der Waals surface area (Å²) >= 11 is 0. The van der Waals surface area contributed by atoms with Gasteiger partial charge in [0.2, 0.25) is 0 Å². The highest BCUT2D eigenvalue weighted by atomic mass is 16.6. The van der Waals surface area contributed by atoms with E-state index in [1.165, 1.54) is 44.1 Å². The summed E-state index contributed by atoms with van der Waals surface area (Å²) in [6.45, 7) is 3.30. The molecule has 1 aromatic rings. The second kappa shape index (κ2) is 7.91. The number of nitrogens with zero attached hydrogens (tertiary/aromatic N) is 3. The molecule has 1 atom stereocenters. The number of rotatable bonds is 5. The Bertz CT molecular complexity index is 803. The molecule has 6 aliphatic rings. The van der Waals surface area contributed by atoms with E-state index in [-0.39, 0.29) is 12.2 Å². The van der Waals surface area contributed by atoms with Gasteiger partial charge in [0.15, 0.2) is 0 Å². The standard InChI is InChI=1S/C24H34N4O3/c29-23(31-13-19-2-1-5-30-19)28-4-3-20-21(12-28)26-15-27-22(20)25-14-24-9-16-6-17(10-24)8-18(7-16)11-24/h15-19H,1-14H2,(H,25,26,27). The minimum atomic E-state index is -0.261. The molecule has 4 saturated carbocycles. The van der Waals surface area contributed by atoms with E-state index < -0.39 is 0 Å². The van der Waals surface area contributed by atoms with Gasteiger partial charge >= 0.3 is 6.09 Å². The second-order valence-electron chi connectivity index (χ2n) is 10.8. The summed E-state index contributed by atoms with van der Waals surface area (Å²) in [6.07, 6.45) is 12.8. The van der Waals surface area contributed by atoms with E-state index >= 15 is 0 Å². The molecule has 5 fully saturated rings. The molecular weight excluding hydrogens is 392 g/mol. The summed E-state index contributed by atoms with van der Waals surface area (Å²) in [7, 11) is 0. The van der Waals surface area contributed by atoms with Crippen LogP contribution in [-0.2, 0) is 22.4 Å². The Morgan fingerprint density at radius 3 is 2.68 bits per heavy atom. The Hall–Kier alpha value is -1.89. The van der Waals surface area contributed by atoms with Crippen molar-refractivity contribution in [3.05, 3.63) is 17.6 Å². The van der Waals surface area contributed by atoms with Crippen molar-refractivity contribution in [1.82, 2.24) is 14.9 Å². The zero-order valence-corrected chi connectivity index (χ0v) is 18.4. The van der Waals surface area contributed by atoms with Crippen LogP contribution in [0.2, 0.25) is 0 Å². The predicted octanol–water partition coefficient (Wildman–Crippen LogP) is 3.78. The molecule has 0 aromatic carbocycles. The number of anilines is 1. The van der Waals surface area contributed by atoms with E-state index in [0.29, 0.717) is 25.1 Å². The predicted molar refractivity (Wildman–Crippen MR) is 116 cm³/mol. The largest absolute Gasteiger partial charge is 0.447 e. The number of hydrogen-bond donors (Lipinski definition) is 1. The Morgan fingerprint density at radius 1 is 1.19 bits per heavy atom. The van der Waals surface area contributed by atoms with Gasteiger partial charge in [-0.05, 0) is 81.0 Å². The van der Waals surface area contributed by atoms with Crippen LogP contribution in [0.5, 0.6) is 0 Å². The maximum Gasteiger partial charge on any atom is 0.410 e. The normalized spacial score (nSPS) is 35.8. The molecule has 4 bridgehead atoms. The summed E-state index contributed by atoms with van der Waals surface area (Å²) in [5, 5.41) is 3.73. The lowest BCUT2D eigenvalue weighted by Crippen LogP contribution is -2.49. The van der Waals surface area contributed by atoms with Crippen LogP contribution in [0.4, 0.5) is 10.6 Å². The molecule has 2 aliphatic heterocycles. The quantitative estimate of drug-likeness (QED) is 0.772. The molecule has 31 heavy (non-hydrogen) atoms. The Kier molecular flexibility index (Phi) is 5.04. The first-order valence-electron chi connectivity index (χ1n) is 12.3. The van der Waals surface area contributed by atoms with Crippen LogP contribution < -0.4 is 5.32 Å². The number of hydrogen-bond acceptors (Lipinski definition) is 6. The van der Waals surface area contributed by atoms with Gasteiger partial charge in [0, 0.05) is 25.3 Å². The number of fused-ring (bicyclic) bond motifs is 1. The van der Waals surface area contributed by atoms with Crippen LogP contribution in [0.25, 0.3) is 0 Å². The van der Waals surface area contributed by atoms with Gasteiger partial charge in [0.1, 0.15) is 18.8 Å². The van der Waals surface area contributed by atoms with Crippen LogP contribution in [0.15, 0.2) is 6.33 Å². The first-order valence-corrected chi connectivity index (χ1v) is 12.3. The maximum absolute atomic E-state index is 12.5. The van der Waals surface area contributed by atoms with E-state index in [9.17, 15) is 4.79 Å². The second-order valence-corrected chi connectivity index (χ2v) is 10.8. The monoisotopic (exact) mass is 426 g/mol. The molecule has 7 rings (SSSR count). The summed E-state index contributed by atoms with van der Waals surface area (Å²) < 4.78 is 11.1. The Labute approximate surface area is 184 Å². The first kappa shape index (κ1) is 19.8. The highest BCUT2D eigenvalue weighted by Crippen LogP contribution is 2.59. The molecular formula is C24H34N4O3. The fourth-order valence-electron chi connectivity index (χ4n) is 7.47. The van der Waals surface area contributed by atoms with Gasteiger partial charge in [-0.15, -0.1) is 0 Å². The van der Waals surface area contributed by atoms with Gasteiger partial charge in [-0.25, -0.2) is 14.8 Å². The van der Waals surface area contributed by atoms with Crippen molar-refractivity contribution in [2.45, 2.75) is 70.4 Å². The van der Waals surface area contributed by atoms with Gasteiger partial charge in [0.05, 0.1) is 18.3 Å². The summed E-state index contributed by atoms with van der Waals surface area (Å²) in [6, 6.07) is 0. The maximum atomic E-state index is 12.5. The third-order valence-corrected chi connectivity index (χ3v) is 8.48. The van der Waals surface area contributed by atoms with Crippen LogP contribution in [0.3, 0.4) is 0 Å². The Balaban J connectivity index is 1.08. The average molecular weight is 427 g/mol. The number of nitrogens with one attached hydrogen (secondary N) is 1. The molecule has 0 radical (unpaired) electrons. The highest BCUT2D eigenvalue weighted by Gasteiger charge is 2.50. The average Bonchev–Trinajstić information content (AvgIpc) is 3.28. The lowest BCUT2D eigenvalue weighted by Gasteiger charge is -2.57. The molecule has 1 saturated heterocycles. The van der Waals surface area contributed by atoms with Gasteiger partial charge in [-0.3, -0.25) is 0 Å². The topological polar surface area (TPSA) is 76.6 Å². The molecule has 1 N–H and O–H groups in total. The van der Waals surface area contributed by atoms with E-state index in [1.54, 1.807) is 11.2 Å². The van der Waals surface area contributed by atoms with Crippen LogP contribution >= 0.6 is 0 Å². The van der Waals surface area contributed by atoms with Crippen molar-refractivity contribution in [2.75, 3.05) is 31.6 Å². The Morgan fingerprint density at radius 2 is 1.97 bits per heavy atom. The number of carbonyl (C=O) groups is 1. The van der Waals surface area contributed by atoms with Crippen LogP contribution in [0.1, 0.15) is 62.6 Å². The molecule has 1 aromatic heterocycles. The van der Waals surface area contributed by atoms with Crippen LogP contribution in [0, 0.1) is 23.2 Å². The molecule has 1 unspecified atom stereocenters. The van der Waals surface area contributed by atoms with Gasteiger partial charge in [0.25, 0.3) is 0 Å². The molecule has 1 amide bonds. The summed E-state index contributed by atoms with van der Waals surface area (Å²) in [4.78, 5) is 23.4. The van der Waals surface area contributed by atoms with Crippen molar-refractivity contribution in [1.29, 1.82) is 0 Å². The molecule has 0 spiro atoms. The number of aromatic nitrogens is 2. The van der Waals surface area contributed by atoms with Gasteiger partial charge in [-0.2, -0.15) is 0 Å². The minimum Gasteiger partial charge on any atom is -0.447 e. The molecule has 168 valence electrons. The van der Waals surface area contributed by atoms with E-state index in [4.69, 9.17) is 9.47 Å². The van der Waals surface area contributed by atoms with Crippen molar-refractivity contribution < 1.29 is 14.3 Å². The van der Waals surface area contributed by atoms with E-state index in [0.717, 1.165) is 61.7 Å². The van der Waals surface area contributed by atoms with Crippen molar-refractivity contribution in [3.8, 4) is 0 Å². The van der Waals surface area contributed by atoms with Gasteiger partial charge in [-0.1, -0.05) is 0 Å². The van der Waals surface area contributed by atoms with E-state index in [1.807, 2.05) is 0 Å². The summed E-state index contributed by atoms with van der Waals surface area (Å²) in [5.41, 5.74) is 2.60. The first-order chi connectivity index (χ1) is 15.2. The number of amides is 1. The number of carbonyl (C=O) groups excluding carboxylic acids is 1. The lowest BCUT2D eigenvalue weighted by molar-refractivity contribution is -0.0444. The molecule has 4 aliphatic carbocycles. The third kappa shape index (κ3) is 3.90. The van der Waals surface area contributed by atoms with Gasteiger partial charge < -0.3 is 19.7 Å². The summed E-state index contributed by atoms with van der Waals surface area (Å²) in [5.74, 6) is 3.86. The van der Waals surface area contributed by atoms with Crippen molar-refractivity contribution >= 4 is 11.9 Å². The highest BCUT2D eigenvalue weighted by molar-refractivity contribution is 5.68. The van der Waals surface area contributed by atoms with Crippen molar-refractivity contribution in [3.63, 3.8) is 0 Å². The molecule has 3 heterocycles. The molecule has 7 nitrogen and oxygen atoms in total. The van der Waals surface area contributed by atoms with Crippen molar-refractivity contribution in [2.24, 2.45) is 23.2 Å². The molecule has 7 heteroatoms. The minimum absolute atomic E-state index is 0.0590. The lowest BCUT2D eigenvalue weighted by atomic mass is 9.49. The van der Waals surface area contributed by atoms with Crippen LogP contribution in [-0.4, -0.2) is 53.4 Å². The third-order valence-electron chi connectivity index (χ3n) is 8.48. The fourth-order valence-corrected chi connectivity index (χ4v) is 7.47.